The number of nitrogens with one attached hydrogen (secondary N) is 1. The smallest absolute Gasteiger partial charge is 0.408 e. The lowest BCUT2D eigenvalue weighted by Crippen LogP contribution is -2.46. The van der Waals surface area contributed by atoms with Gasteiger partial charge in [0.25, 0.3) is 0 Å². The van der Waals surface area contributed by atoms with Gasteiger partial charge >= 0.3 is 12.1 Å². The van der Waals surface area contributed by atoms with E-state index in [1.54, 1.807) is 0 Å². The molecule has 1 amide bonds. The first-order valence-corrected chi connectivity index (χ1v) is 11.0. The van der Waals surface area contributed by atoms with Crippen LogP contribution >= 0.6 is 0 Å². The summed E-state index contributed by atoms with van der Waals surface area (Å²) in [6.45, 7) is 5.57. The number of cyclic esters (lactones) is 1. The molecule has 1 saturated heterocycles. The van der Waals surface area contributed by atoms with Crippen molar-refractivity contribution < 1.29 is 19.1 Å². The third-order valence-corrected chi connectivity index (χ3v) is 5.91. The number of carbonyl (C=O) groups excluding carboxylic acids is 2. The number of rotatable bonds is 6. The summed E-state index contributed by atoms with van der Waals surface area (Å²) in [5.74, 6) is 0.255. The molecule has 29 heavy (non-hydrogen) atoms. The molecule has 3 atom stereocenters. The van der Waals surface area contributed by atoms with Crippen molar-refractivity contribution in [1.82, 2.24) is 5.32 Å². The van der Waals surface area contributed by atoms with Gasteiger partial charge in [-0.1, -0.05) is 62.4 Å². The number of hydrogen-bond acceptors (Lipinski definition) is 4. The molecule has 1 heterocycles. The highest BCUT2D eigenvalue weighted by Crippen LogP contribution is 2.33. The highest BCUT2D eigenvalue weighted by atomic mass is 16.6. The zero-order valence-electron chi connectivity index (χ0n) is 18.0. The second kappa shape index (κ2) is 9.64. The molecular weight excluding hydrogens is 366 g/mol. The average molecular weight is 402 g/mol. The topological polar surface area (TPSA) is 64.6 Å². The lowest BCUT2D eigenvalue weighted by molar-refractivity contribution is -0.145. The van der Waals surface area contributed by atoms with Crippen LogP contribution in [0.2, 0.25) is 0 Å². The van der Waals surface area contributed by atoms with E-state index >= 15 is 0 Å². The minimum absolute atomic E-state index is 0.154. The van der Waals surface area contributed by atoms with Crippen LogP contribution in [0.1, 0.15) is 71.3 Å². The molecular formula is C24H35NO4. The van der Waals surface area contributed by atoms with Gasteiger partial charge in [0.2, 0.25) is 0 Å². The summed E-state index contributed by atoms with van der Waals surface area (Å²) >= 11 is 0. The summed E-state index contributed by atoms with van der Waals surface area (Å²) in [7, 11) is 0. The van der Waals surface area contributed by atoms with Crippen molar-refractivity contribution in [1.29, 1.82) is 0 Å². The summed E-state index contributed by atoms with van der Waals surface area (Å²) in [6, 6.07) is 9.84. The SMILES string of the molecule is CC(C)(C)OC(=O)NC(CC1CCCCC1)C1CC(Cc2ccccc2)C(=O)O1. The number of amides is 1. The van der Waals surface area contributed by atoms with Crippen molar-refractivity contribution >= 4 is 12.1 Å². The minimum Gasteiger partial charge on any atom is -0.460 e. The van der Waals surface area contributed by atoms with E-state index in [-0.39, 0.29) is 24.0 Å². The lowest BCUT2D eigenvalue weighted by Gasteiger charge is -2.30. The second-order valence-electron chi connectivity index (χ2n) is 9.59. The number of ether oxygens (including phenoxy) is 2. The molecule has 3 unspecified atom stereocenters. The first-order valence-electron chi connectivity index (χ1n) is 11.0. The zero-order chi connectivity index (χ0) is 20.9. The maximum atomic E-state index is 12.5. The van der Waals surface area contributed by atoms with Crippen molar-refractivity contribution in [3.05, 3.63) is 35.9 Å². The summed E-state index contributed by atoms with van der Waals surface area (Å²) in [5, 5.41) is 3.03. The Kier molecular flexibility index (Phi) is 7.20. The quantitative estimate of drug-likeness (QED) is 0.680. The predicted molar refractivity (Wildman–Crippen MR) is 112 cm³/mol. The monoisotopic (exact) mass is 401 g/mol. The van der Waals surface area contributed by atoms with E-state index in [1.165, 1.54) is 32.1 Å². The van der Waals surface area contributed by atoms with Gasteiger partial charge in [0.05, 0.1) is 12.0 Å². The van der Waals surface area contributed by atoms with Crippen LogP contribution in [0.4, 0.5) is 4.79 Å². The molecule has 2 aliphatic rings. The third-order valence-electron chi connectivity index (χ3n) is 5.91. The lowest BCUT2D eigenvalue weighted by atomic mass is 9.82. The van der Waals surface area contributed by atoms with Crippen LogP contribution in [0.3, 0.4) is 0 Å². The van der Waals surface area contributed by atoms with Gasteiger partial charge in [0.15, 0.2) is 0 Å². The van der Waals surface area contributed by atoms with Gasteiger partial charge in [-0.05, 0) is 51.5 Å². The van der Waals surface area contributed by atoms with Crippen molar-refractivity contribution in [2.24, 2.45) is 11.8 Å². The molecule has 0 radical (unpaired) electrons. The Labute approximate surface area is 174 Å². The summed E-state index contributed by atoms with van der Waals surface area (Å²) in [5.41, 5.74) is 0.584. The van der Waals surface area contributed by atoms with Crippen LogP contribution in [0.5, 0.6) is 0 Å². The van der Waals surface area contributed by atoms with Gasteiger partial charge in [0, 0.05) is 0 Å². The highest BCUT2D eigenvalue weighted by molar-refractivity contribution is 5.75. The van der Waals surface area contributed by atoms with Crippen LogP contribution < -0.4 is 5.32 Å². The Hall–Kier alpha value is -2.04. The molecule has 1 aliphatic carbocycles. The Balaban J connectivity index is 1.65. The highest BCUT2D eigenvalue weighted by Gasteiger charge is 2.40. The number of hydrogen-bond donors (Lipinski definition) is 1. The fraction of sp³-hybridized carbons (Fsp3) is 0.667. The van der Waals surface area contributed by atoms with Crippen molar-refractivity contribution in [3.8, 4) is 0 Å². The van der Waals surface area contributed by atoms with E-state index in [2.05, 4.69) is 5.32 Å². The third kappa shape index (κ3) is 6.76. The Morgan fingerprint density at radius 3 is 2.52 bits per heavy atom. The fourth-order valence-electron chi connectivity index (χ4n) is 4.53. The van der Waals surface area contributed by atoms with Crippen LogP contribution in [0.15, 0.2) is 30.3 Å². The first kappa shape index (κ1) is 21.7. The molecule has 2 fully saturated rings. The Bertz CT molecular complexity index is 676. The molecule has 1 aromatic carbocycles. The molecule has 1 aliphatic heterocycles. The van der Waals surface area contributed by atoms with E-state index in [9.17, 15) is 9.59 Å². The normalized spacial score (nSPS) is 24.0. The van der Waals surface area contributed by atoms with E-state index in [0.717, 1.165) is 12.0 Å². The fourth-order valence-corrected chi connectivity index (χ4v) is 4.53. The van der Waals surface area contributed by atoms with Crippen molar-refractivity contribution in [2.75, 3.05) is 0 Å². The second-order valence-corrected chi connectivity index (χ2v) is 9.59. The molecule has 0 spiro atoms. The molecule has 5 nitrogen and oxygen atoms in total. The average Bonchev–Trinajstić information content (AvgIpc) is 3.02. The van der Waals surface area contributed by atoms with Crippen LogP contribution in [-0.4, -0.2) is 29.8 Å². The van der Waals surface area contributed by atoms with E-state index in [0.29, 0.717) is 18.8 Å². The number of esters is 1. The van der Waals surface area contributed by atoms with E-state index in [4.69, 9.17) is 9.47 Å². The standard InChI is InChI=1S/C24H35NO4/c1-24(2,3)29-23(27)25-20(15-18-12-8-5-9-13-18)21-16-19(22(26)28-21)14-17-10-6-4-7-11-17/h4,6-7,10-11,18-21H,5,8-9,12-16H2,1-3H3,(H,25,27). The number of alkyl carbamates (subject to hydrolysis) is 1. The Morgan fingerprint density at radius 2 is 1.86 bits per heavy atom. The van der Waals surface area contributed by atoms with Crippen molar-refractivity contribution in [2.45, 2.75) is 89.9 Å². The Morgan fingerprint density at radius 1 is 1.17 bits per heavy atom. The molecule has 1 aromatic rings. The van der Waals surface area contributed by atoms with Gasteiger partial charge < -0.3 is 14.8 Å². The summed E-state index contributed by atoms with van der Waals surface area (Å²) < 4.78 is 11.2. The first-order chi connectivity index (χ1) is 13.8. The largest absolute Gasteiger partial charge is 0.460 e. The van der Waals surface area contributed by atoms with Gasteiger partial charge in [-0.15, -0.1) is 0 Å². The zero-order valence-corrected chi connectivity index (χ0v) is 18.0. The van der Waals surface area contributed by atoms with Crippen LogP contribution in [0, 0.1) is 11.8 Å². The number of carbonyl (C=O) groups is 2. The molecule has 1 saturated carbocycles. The van der Waals surface area contributed by atoms with E-state index in [1.807, 2.05) is 51.1 Å². The molecule has 5 heteroatoms. The van der Waals surface area contributed by atoms with Gasteiger partial charge in [-0.3, -0.25) is 4.79 Å². The maximum Gasteiger partial charge on any atom is 0.408 e. The van der Waals surface area contributed by atoms with Crippen LogP contribution in [0.25, 0.3) is 0 Å². The van der Waals surface area contributed by atoms with Crippen molar-refractivity contribution in [3.63, 3.8) is 0 Å². The van der Waals surface area contributed by atoms with Gasteiger partial charge in [-0.2, -0.15) is 0 Å². The molecule has 3 rings (SSSR count). The number of benzene rings is 1. The maximum absolute atomic E-state index is 12.5. The van der Waals surface area contributed by atoms with Gasteiger partial charge in [-0.25, -0.2) is 4.79 Å². The predicted octanol–water partition coefficient (Wildman–Crippen LogP) is 5.02. The molecule has 0 bridgehead atoms. The minimum atomic E-state index is -0.554. The summed E-state index contributed by atoms with van der Waals surface area (Å²) in [4.78, 5) is 25.0. The molecule has 0 aromatic heterocycles. The van der Waals surface area contributed by atoms with Crippen LogP contribution in [-0.2, 0) is 20.7 Å². The molecule has 160 valence electrons. The molecule has 1 N–H and O–H groups in total. The van der Waals surface area contributed by atoms with E-state index < -0.39 is 11.7 Å². The van der Waals surface area contributed by atoms with Gasteiger partial charge in [0.1, 0.15) is 11.7 Å². The summed E-state index contributed by atoms with van der Waals surface area (Å²) in [6.07, 6.45) is 7.58.